The summed E-state index contributed by atoms with van der Waals surface area (Å²) in [6.07, 6.45) is 0. The second-order valence-corrected chi connectivity index (χ2v) is 10.1. The van der Waals surface area contributed by atoms with Crippen LogP contribution in [-0.4, -0.2) is 55.5 Å². The number of amides is 1. The van der Waals surface area contributed by atoms with Gasteiger partial charge in [0.2, 0.25) is 15.9 Å². The van der Waals surface area contributed by atoms with E-state index in [0.29, 0.717) is 6.07 Å². The largest absolute Gasteiger partial charge is 0.339 e. The average molecular weight is 463 g/mol. The predicted octanol–water partition coefficient (Wildman–Crippen LogP) is 3.74. The van der Waals surface area contributed by atoms with Crippen molar-refractivity contribution in [1.29, 1.82) is 0 Å². The Bertz CT molecular complexity index is 1230. The van der Waals surface area contributed by atoms with E-state index in [-0.39, 0.29) is 42.7 Å². The van der Waals surface area contributed by atoms with E-state index in [9.17, 15) is 22.0 Å². The van der Waals surface area contributed by atoms with Crippen LogP contribution in [-0.2, 0) is 14.8 Å². The van der Waals surface area contributed by atoms with Crippen LogP contribution < -0.4 is 0 Å². The molecule has 1 aliphatic rings. The lowest BCUT2D eigenvalue weighted by molar-refractivity contribution is -0.129. The van der Waals surface area contributed by atoms with Crippen LogP contribution in [0, 0.1) is 11.6 Å². The molecule has 1 aliphatic heterocycles. The molecule has 4 rings (SSSR count). The third-order valence-corrected chi connectivity index (χ3v) is 8.08. The molecule has 1 fully saturated rings. The first-order valence-corrected chi connectivity index (χ1v) is 12.1. The fraction of sp³-hybridized carbons (Fsp3) is 0.227. The van der Waals surface area contributed by atoms with E-state index in [0.717, 1.165) is 27.8 Å². The molecule has 0 N–H and O–H groups in total. The molecule has 3 aromatic carbocycles. The number of hydrogen-bond donors (Lipinski definition) is 0. The highest BCUT2D eigenvalue weighted by Crippen LogP contribution is 2.25. The number of nitrogens with zero attached hydrogens (tertiary/aromatic N) is 2. The molecule has 1 heterocycles. The van der Waals surface area contributed by atoms with Gasteiger partial charge in [0.15, 0.2) is 11.6 Å². The van der Waals surface area contributed by atoms with Crippen molar-refractivity contribution in [2.45, 2.75) is 9.79 Å². The molecule has 162 valence electrons. The highest BCUT2D eigenvalue weighted by atomic mass is 32.2. The van der Waals surface area contributed by atoms with Gasteiger partial charge in [-0.3, -0.25) is 4.79 Å². The lowest BCUT2D eigenvalue weighted by Crippen LogP contribution is -2.51. The number of benzene rings is 3. The highest BCUT2D eigenvalue weighted by molar-refractivity contribution is 8.00. The first-order valence-electron chi connectivity index (χ1n) is 9.69. The minimum Gasteiger partial charge on any atom is -0.339 e. The number of fused-ring (bicyclic) bond motifs is 1. The van der Waals surface area contributed by atoms with Crippen LogP contribution in [0.15, 0.2) is 70.5 Å². The highest BCUT2D eigenvalue weighted by Gasteiger charge is 2.30. The molecular weight excluding hydrogens is 442 g/mol. The second kappa shape index (κ2) is 8.94. The van der Waals surface area contributed by atoms with Crippen LogP contribution in [0.3, 0.4) is 0 Å². The summed E-state index contributed by atoms with van der Waals surface area (Å²) in [5, 5.41) is 2.24. The van der Waals surface area contributed by atoms with Gasteiger partial charge in [-0.05, 0) is 41.1 Å². The van der Waals surface area contributed by atoms with Gasteiger partial charge >= 0.3 is 0 Å². The molecule has 0 aliphatic carbocycles. The summed E-state index contributed by atoms with van der Waals surface area (Å²) in [5.41, 5.74) is 0. The van der Waals surface area contributed by atoms with Gasteiger partial charge in [0.05, 0.1) is 10.6 Å². The molecule has 0 aromatic heterocycles. The quantitative estimate of drug-likeness (QED) is 0.542. The Morgan fingerprint density at radius 3 is 2.29 bits per heavy atom. The SMILES string of the molecule is O=C(CSc1ccc2ccccc2c1)N1CCN(S(=O)(=O)c2ccc(F)c(F)c2)CC1. The van der Waals surface area contributed by atoms with Gasteiger partial charge in [-0.1, -0.05) is 30.3 Å². The van der Waals surface area contributed by atoms with Crippen molar-refractivity contribution in [1.82, 2.24) is 9.21 Å². The third-order valence-electron chi connectivity index (χ3n) is 5.20. The van der Waals surface area contributed by atoms with E-state index in [4.69, 9.17) is 0 Å². The first kappa shape index (κ1) is 21.7. The average Bonchev–Trinajstić information content (AvgIpc) is 2.79. The molecule has 0 spiro atoms. The van der Waals surface area contributed by atoms with Gasteiger partial charge in [0.25, 0.3) is 0 Å². The molecule has 1 saturated heterocycles. The summed E-state index contributed by atoms with van der Waals surface area (Å²) in [4.78, 5) is 14.9. The third kappa shape index (κ3) is 4.73. The van der Waals surface area contributed by atoms with Crippen molar-refractivity contribution in [3.05, 3.63) is 72.3 Å². The van der Waals surface area contributed by atoms with Crippen LogP contribution in [0.25, 0.3) is 10.8 Å². The number of thioether (sulfide) groups is 1. The molecule has 1 amide bonds. The van der Waals surface area contributed by atoms with Crippen LogP contribution in [0.4, 0.5) is 8.78 Å². The van der Waals surface area contributed by atoms with E-state index in [1.807, 2.05) is 42.5 Å². The van der Waals surface area contributed by atoms with Gasteiger partial charge < -0.3 is 4.90 Å². The van der Waals surface area contributed by atoms with Crippen molar-refractivity contribution >= 4 is 38.5 Å². The Labute approximate surface area is 183 Å². The predicted molar refractivity (Wildman–Crippen MR) is 116 cm³/mol. The van der Waals surface area contributed by atoms with Gasteiger partial charge in [-0.15, -0.1) is 11.8 Å². The number of carbonyl (C=O) groups is 1. The van der Waals surface area contributed by atoms with Gasteiger partial charge in [-0.25, -0.2) is 17.2 Å². The van der Waals surface area contributed by atoms with Crippen molar-refractivity contribution in [2.24, 2.45) is 0 Å². The maximum atomic E-state index is 13.4. The summed E-state index contributed by atoms with van der Waals surface area (Å²) in [5.74, 6) is -2.12. The topological polar surface area (TPSA) is 57.7 Å². The lowest BCUT2D eigenvalue weighted by Gasteiger charge is -2.34. The maximum Gasteiger partial charge on any atom is 0.243 e. The van der Waals surface area contributed by atoms with Crippen LogP contribution in [0.5, 0.6) is 0 Å². The Hall–Kier alpha value is -2.49. The van der Waals surface area contributed by atoms with E-state index in [1.54, 1.807) is 4.90 Å². The number of piperazine rings is 1. The normalized spacial score (nSPS) is 15.4. The van der Waals surface area contributed by atoms with Gasteiger partial charge in [0, 0.05) is 31.1 Å². The minimum atomic E-state index is -3.94. The van der Waals surface area contributed by atoms with Crippen molar-refractivity contribution in [3.8, 4) is 0 Å². The van der Waals surface area contributed by atoms with Crippen LogP contribution >= 0.6 is 11.8 Å². The number of rotatable bonds is 5. The smallest absolute Gasteiger partial charge is 0.243 e. The molecule has 3 aromatic rings. The summed E-state index contributed by atoms with van der Waals surface area (Å²) in [7, 11) is -3.94. The standard InChI is InChI=1S/C22H20F2N2O3S2/c23-20-8-7-19(14-21(20)24)31(28,29)26-11-9-25(10-12-26)22(27)15-30-18-6-5-16-3-1-2-4-17(16)13-18/h1-8,13-14H,9-12,15H2. The van der Waals surface area contributed by atoms with E-state index < -0.39 is 21.7 Å². The minimum absolute atomic E-state index is 0.0666. The van der Waals surface area contributed by atoms with E-state index >= 15 is 0 Å². The van der Waals surface area contributed by atoms with Crippen LogP contribution in [0.1, 0.15) is 0 Å². The zero-order chi connectivity index (χ0) is 22.0. The van der Waals surface area contributed by atoms with Crippen molar-refractivity contribution < 1.29 is 22.0 Å². The Balaban J connectivity index is 1.34. The fourth-order valence-corrected chi connectivity index (χ4v) is 5.74. The van der Waals surface area contributed by atoms with Gasteiger partial charge in [-0.2, -0.15) is 4.31 Å². The molecule has 31 heavy (non-hydrogen) atoms. The molecule has 9 heteroatoms. The zero-order valence-corrected chi connectivity index (χ0v) is 18.1. The van der Waals surface area contributed by atoms with Gasteiger partial charge in [0.1, 0.15) is 0 Å². The number of sulfonamides is 1. The summed E-state index contributed by atoms with van der Waals surface area (Å²) < 4.78 is 53.1. The zero-order valence-electron chi connectivity index (χ0n) is 16.5. The summed E-state index contributed by atoms with van der Waals surface area (Å²) >= 11 is 1.44. The molecular formula is C22H20F2N2O3S2. The molecule has 5 nitrogen and oxygen atoms in total. The molecule has 0 bridgehead atoms. The number of carbonyl (C=O) groups excluding carboxylic acids is 1. The van der Waals surface area contributed by atoms with Crippen molar-refractivity contribution in [3.63, 3.8) is 0 Å². The Kier molecular flexibility index (Phi) is 6.27. The second-order valence-electron chi connectivity index (χ2n) is 7.16. The molecule has 0 unspecified atom stereocenters. The first-order chi connectivity index (χ1) is 14.8. The summed E-state index contributed by atoms with van der Waals surface area (Å²) in [6, 6.07) is 16.6. The molecule has 0 radical (unpaired) electrons. The fourth-order valence-electron chi connectivity index (χ4n) is 3.46. The Morgan fingerprint density at radius 1 is 0.871 bits per heavy atom. The molecule has 0 atom stereocenters. The van der Waals surface area contributed by atoms with Crippen LogP contribution in [0.2, 0.25) is 0 Å². The monoisotopic (exact) mass is 462 g/mol. The van der Waals surface area contributed by atoms with E-state index in [1.165, 1.54) is 16.1 Å². The van der Waals surface area contributed by atoms with E-state index in [2.05, 4.69) is 0 Å². The lowest BCUT2D eigenvalue weighted by atomic mass is 10.1. The Morgan fingerprint density at radius 2 is 1.58 bits per heavy atom. The summed E-state index contributed by atoms with van der Waals surface area (Å²) in [6.45, 7) is 0.710. The molecule has 0 saturated carbocycles. The maximum absolute atomic E-state index is 13.4. The van der Waals surface area contributed by atoms with Crippen molar-refractivity contribution in [2.75, 3.05) is 31.9 Å². The number of hydrogen-bond acceptors (Lipinski definition) is 4. The number of halogens is 2.